The van der Waals surface area contributed by atoms with Crippen LogP contribution in [0.1, 0.15) is 17.0 Å². The minimum absolute atomic E-state index is 0.272. The Kier molecular flexibility index (Phi) is 6.29. The number of benzene rings is 2. The zero-order valence-electron chi connectivity index (χ0n) is 15.3. The van der Waals surface area contributed by atoms with Crippen LogP contribution in [-0.4, -0.2) is 15.9 Å². The molecule has 1 amide bonds. The van der Waals surface area contributed by atoms with Crippen LogP contribution in [0.25, 0.3) is 6.08 Å². The van der Waals surface area contributed by atoms with Crippen LogP contribution in [0.3, 0.4) is 0 Å². The number of nitrogens with one attached hydrogen (secondary N) is 2. The summed E-state index contributed by atoms with van der Waals surface area (Å²) < 4.78 is 0. The molecule has 0 radical (unpaired) electrons. The van der Waals surface area contributed by atoms with E-state index in [0.29, 0.717) is 27.2 Å². The second kappa shape index (κ2) is 8.87. The second-order valence-corrected chi connectivity index (χ2v) is 7.01. The maximum absolute atomic E-state index is 12.2. The van der Waals surface area contributed by atoms with Gasteiger partial charge in [-0.1, -0.05) is 35.3 Å². The van der Waals surface area contributed by atoms with Gasteiger partial charge in [0.25, 0.3) is 0 Å². The van der Waals surface area contributed by atoms with Crippen LogP contribution in [0.4, 0.5) is 17.3 Å². The molecule has 3 aromatic rings. The third-order valence-electron chi connectivity index (χ3n) is 3.75. The van der Waals surface area contributed by atoms with E-state index in [1.54, 1.807) is 30.3 Å². The van der Waals surface area contributed by atoms with Gasteiger partial charge < -0.3 is 10.6 Å². The molecule has 7 heteroatoms. The molecular formula is C21H18Cl2N4O. The molecule has 0 atom stereocenters. The standard InChI is InChI=1S/C21H18Cl2N4O/c1-13-10-14(2)25-21(24-13)27-18-5-3-4-17(12-18)26-20(28)9-7-15-6-8-16(22)11-19(15)23/h3-12H,1-2H3,(H,26,28)(H,24,25,27)/b9-7+. The number of carbonyl (C=O) groups is 1. The molecule has 2 N–H and O–H groups in total. The van der Waals surface area contributed by atoms with Crippen molar-refractivity contribution in [2.45, 2.75) is 13.8 Å². The van der Waals surface area contributed by atoms with Gasteiger partial charge in [0.2, 0.25) is 11.9 Å². The zero-order chi connectivity index (χ0) is 20.1. The third kappa shape index (κ3) is 5.55. The lowest BCUT2D eigenvalue weighted by molar-refractivity contribution is -0.111. The first-order valence-corrected chi connectivity index (χ1v) is 9.28. The number of halogens is 2. The Bertz CT molecular complexity index is 1030. The summed E-state index contributed by atoms with van der Waals surface area (Å²) >= 11 is 12.0. The molecule has 28 heavy (non-hydrogen) atoms. The van der Waals surface area contributed by atoms with Gasteiger partial charge in [0, 0.05) is 38.9 Å². The Balaban J connectivity index is 1.68. The SMILES string of the molecule is Cc1cc(C)nc(Nc2cccc(NC(=O)/C=C/c3ccc(Cl)cc3Cl)c2)n1. The van der Waals surface area contributed by atoms with E-state index in [2.05, 4.69) is 20.6 Å². The van der Waals surface area contributed by atoms with Gasteiger partial charge in [-0.25, -0.2) is 9.97 Å². The summed E-state index contributed by atoms with van der Waals surface area (Å²) in [4.78, 5) is 20.9. The molecule has 5 nitrogen and oxygen atoms in total. The average Bonchev–Trinajstić information content (AvgIpc) is 2.60. The number of anilines is 3. The number of aryl methyl sites for hydroxylation is 2. The van der Waals surface area contributed by atoms with Crippen molar-refractivity contribution < 1.29 is 4.79 Å². The molecule has 0 spiro atoms. The molecule has 1 heterocycles. The van der Waals surface area contributed by atoms with Crippen LogP contribution in [0.5, 0.6) is 0 Å². The highest BCUT2D eigenvalue weighted by molar-refractivity contribution is 6.35. The van der Waals surface area contributed by atoms with E-state index in [9.17, 15) is 4.79 Å². The summed E-state index contributed by atoms with van der Waals surface area (Å²) in [5.41, 5.74) is 3.89. The highest BCUT2D eigenvalue weighted by Crippen LogP contribution is 2.22. The lowest BCUT2D eigenvalue weighted by Gasteiger charge is -2.09. The smallest absolute Gasteiger partial charge is 0.248 e. The fourth-order valence-corrected chi connectivity index (χ4v) is 3.04. The van der Waals surface area contributed by atoms with E-state index in [1.165, 1.54) is 6.08 Å². The largest absolute Gasteiger partial charge is 0.324 e. The molecule has 0 aliphatic rings. The minimum Gasteiger partial charge on any atom is -0.324 e. The molecule has 1 aromatic heterocycles. The van der Waals surface area contributed by atoms with E-state index in [-0.39, 0.29) is 5.91 Å². The Morgan fingerprint density at radius 2 is 1.68 bits per heavy atom. The normalized spacial score (nSPS) is 10.9. The topological polar surface area (TPSA) is 66.9 Å². The number of nitrogens with zero attached hydrogens (tertiary/aromatic N) is 2. The maximum atomic E-state index is 12.2. The van der Waals surface area contributed by atoms with E-state index in [1.807, 2.05) is 38.1 Å². The summed E-state index contributed by atoms with van der Waals surface area (Å²) in [6, 6.07) is 14.3. The van der Waals surface area contributed by atoms with Crippen molar-refractivity contribution in [3.05, 3.63) is 81.6 Å². The quantitative estimate of drug-likeness (QED) is 0.519. The van der Waals surface area contributed by atoms with Crippen LogP contribution >= 0.6 is 23.2 Å². The number of hydrogen-bond acceptors (Lipinski definition) is 4. The molecule has 0 aliphatic heterocycles. The fourth-order valence-electron chi connectivity index (χ4n) is 2.57. The molecule has 2 aromatic carbocycles. The molecule has 0 fully saturated rings. The highest BCUT2D eigenvalue weighted by atomic mass is 35.5. The molecule has 0 saturated heterocycles. The van der Waals surface area contributed by atoms with Crippen molar-refractivity contribution in [2.75, 3.05) is 10.6 Å². The van der Waals surface area contributed by atoms with Gasteiger partial charge in [-0.2, -0.15) is 0 Å². The molecule has 0 saturated carbocycles. The van der Waals surface area contributed by atoms with Crippen LogP contribution in [0, 0.1) is 13.8 Å². The van der Waals surface area contributed by atoms with Gasteiger partial charge in [0.15, 0.2) is 0 Å². The van der Waals surface area contributed by atoms with Gasteiger partial charge >= 0.3 is 0 Å². The number of hydrogen-bond donors (Lipinski definition) is 2. The summed E-state index contributed by atoms with van der Waals surface area (Å²) in [6.07, 6.45) is 3.06. The predicted molar refractivity (Wildman–Crippen MR) is 115 cm³/mol. The molecular weight excluding hydrogens is 395 g/mol. The van der Waals surface area contributed by atoms with Crippen molar-refractivity contribution in [2.24, 2.45) is 0 Å². The summed E-state index contributed by atoms with van der Waals surface area (Å²) in [5.74, 6) is 0.240. The van der Waals surface area contributed by atoms with E-state index in [0.717, 1.165) is 17.1 Å². The van der Waals surface area contributed by atoms with Crippen molar-refractivity contribution in [1.82, 2.24) is 9.97 Å². The molecule has 0 aliphatic carbocycles. The van der Waals surface area contributed by atoms with Crippen LogP contribution in [-0.2, 0) is 4.79 Å². The molecule has 3 rings (SSSR count). The number of carbonyl (C=O) groups excluding carboxylic acids is 1. The van der Waals surface area contributed by atoms with Crippen molar-refractivity contribution >= 4 is 52.5 Å². The predicted octanol–water partition coefficient (Wildman–Crippen LogP) is 5.80. The fraction of sp³-hybridized carbons (Fsp3) is 0.0952. The van der Waals surface area contributed by atoms with Crippen molar-refractivity contribution in [3.8, 4) is 0 Å². The van der Waals surface area contributed by atoms with Crippen molar-refractivity contribution in [3.63, 3.8) is 0 Å². The second-order valence-electron chi connectivity index (χ2n) is 6.17. The number of aromatic nitrogens is 2. The van der Waals surface area contributed by atoms with Gasteiger partial charge in [-0.15, -0.1) is 0 Å². The summed E-state index contributed by atoms with van der Waals surface area (Å²) in [5, 5.41) is 6.99. The van der Waals surface area contributed by atoms with Crippen LogP contribution in [0.15, 0.2) is 54.6 Å². The zero-order valence-corrected chi connectivity index (χ0v) is 16.8. The first kappa shape index (κ1) is 19.9. The Morgan fingerprint density at radius 3 is 2.39 bits per heavy atom. The number of amides is 1. The highest BCUT2D eigenvalue weighted by Gasteiger charge is 2.04. The Hall–Kier alpha value is -2.89. The first-order chi connectivity index (χ1) is 13.4. The van der Waals surface area contributed by atoms with Gasteiger partial charge in [-0.05, 0) is 61.9 Å². The summed E-state index contributed by atoms with van der Waals surface area (Å²) in [6.45, 7) is 3.82. The molecule has 0 unspecified atom stereocenters. The molecule has 142 valence electrons. The average molecular weight is 413 g/mol. The van der Waals surface area contributed by atoms with Gasteiger partial charge in [0.05, 0.1) is 0 Å². The molecule has 0 bridgehead atoms. The number of rotatable bonds is 5. The van der Waals surface area contributed by atoms with Gasteiger partial charge in [0.1, 0.15) is 0 Å². The van der Waals surface area contributed by atoms with Crippen LogP contribution in [0.2, 0.25) is 10.0 Å². The van der Waals surface area contributed by atoms with Crippen LogP contribution < -0.4 is 10.6 Å². The monoisotopic (exact) mass is 412 g/mol. The summed E-state index contributed by atoms with van der Waals surface area (Å²) in [7, 11) is 0. The van der Waals surface area contributed by atoms with E-state index >= 15 is 0 Å². The lowest BCUT2D eigenvalue weighted by atomic mass is 10.2. The maximum Gasteiger partial charge on any atom is 0.248 e. The van der Waals surface area contributed by atoms with E-state index < -0.39 is 0 Å². The van der Waals surface area contributed by atoms with Gasteiger partial charge in [-0.3, -0.25) is 4.79 Å². The van der Waals surface area contributed by atoms with E-state index in [4.69, 9.17) is 23.2 Å². The lowest BCUT2D eigenvalue weighted by Crippen LogP contribution is -2.08. The Morgan fingerprint density at radius 1 is 0.964 bits per heavy atom. The first-order valence-electron chi connectivity index (χ1n) is 8.52. The van der Waals surface area contributed by atoms with Crippen molar-refractivity contribution in [1.29, 1.82) is 0 Å². The minimum atomic E-state index is -0.272. The Labute approximate surface area is 173 Å². The third-order valence-corrected chi connectivity index (χ3v) is 4.31.